The number of nitrogens with zero attached hydrogens (tertiary/aromatic N) is 2. The fourth-order valence-corrected chi connectivity index (χ4v) is 1.39. The maximum atomic E-state index is 12.9. The second-order valence-electron chi connectivity index (χ2n) is 3.40. The van der Waals surface area contributed by atoms with E-state index in [1.165, 1.54) is 12.1 Å². The van der Waals surface area contributed by atoms with Crippen LogP contribution in [-0.2, 0) is 13.1 Å². The van der Waals surface area contributed by atoms with Gasteiger partial charge in [-0.05, 0) is 23.8 Å². The topological polar surface area (TPSA) is 37.8 Å². The molecule has 0 saturated carbocycles. The third-order valence-electron chi connectivity index (χ3n) is 2.12. The molecule has 0 unspecified atom stereocenters. The van der Waals surface area contributed by atoms with Crippen molar-refractivity contribution >= 4 is 0 Å². The lowest BCUT2D eigenvalue weighted by Gasteiger charge is -2.03. The minimum absolute atomic E-state index is 0.213. The maximum Gasteiger partial charge on any atom is 0.141 e. The highest BCUT2D eigenvalue weighted by Crippen LogP contribution is 2.02. The van der Waals surface area contributed by atoms with E-state index in [4.69, 9.17) is 0 Å². The highest BCUT2D eigenvalue weighted by Gasteiger charge is 1.96. The Morgan fingerprint density at radius 2 is 1.88 bits per heavy atom. The molecule has 0 fully saturated rings. The molecule has 1 N–H and O–H groups in total. The van der Waals surface area contributed by atoms with Crippen LogP contribution in [0.2, 0.25) is 0 Å². The quantitative estimate of drug-likeness (QED) is 0.850. The van der Waals surface area contributed by atoms with Gasteiger partial charge >= 0.3 is 0 Å². The minimum Gasteiger partial charge on any atom is -0.306 e. The lowest BCUT2D eigenvalue weighted by molar-refractivity contribution is 0.617. The van der Waals surface area contributed by atoms with Gasteiger partial charge in [-0.2, -0.15) is 0 Å². The molecule has 0 aliphatic heterocycles. The molecular formula is C12H12FN3. The van der Waals surface area contributed by atoms with Crippen LogP contribution in [0.1, 0.15) is 11.4 Å². The SMILES string of the molecule is Fc1cccc(CNCc2ncccn2)c1. The predicted molar refractivity (Wildman–Crippen MR) is 59.0 cm³/mol. The number of hydrogen-bond donors (Lipinski definition) is 1. The first-order valence-electron chi connectivity index (χ1n) is 5.05. The summed E-state index contributed by atoms with van der Waals surface area (Å²) >= 11 is 0. The highest BCUT2D eigenvalue weighted by atomic mass is 19.1. The van der Waals surface area contributed by atoms with Crippen LogP contribution in [0, 0.1) is 5.82 Å². The van der Waals surface area contributed by atoms with Gasteiger partial charge in [-0.3, -0.25) is 0 Å². The van der Waals surface area contributed by atoms with E-state index in [-0.39, 0.29) is 5.82 Å². The zero-order valence-electron chi connectivity index (χ0n) is 8.73. The number of aromatic nitrogens is 2. The van der Waals surface area contributed by atoms with E-state index in [1.54, 1.807) is 24.5 Å². The Morgan fingerprint density at radius 3 is 2.62 bits per heavy atom. The molecule has 0 bridgehead atoms. The van der Waals surface area contributed by atoms with Gasteiger partial charge in [-0.25, -0.2) is 14.4 Å². The summed E-state index contributed by atoms with van der Waals surface area (Å²) in [6.45, 7) is 1.19. The minimum atomic E-state index is -0.213. The van der Waals surface area contributed by atoms with Crippen molar-refractivity contribution in [3.63, 3.8) is 0 Å². The number of rotatable bonds is 4. The lowest BCUT2D eigenvalue weighted by atomic mass is 10.2. The van der Waals surface area contributed by atoms with Gasteiger partial charge in [-0.15, -0.1) is 0 Å². The average Bonchev–Trinajstić information content (AvgIpc) is 2.30. The first-order valence-corrected chi connectivity index (χ1v) is 5.05. The van der Waals surface area contributed by atoms with E-state index >= 15 is 0 Å². The Kier molecular flexibility index (Phi) is 3.56. The second-order valence-corrected chi connectivity index (χ2v) is 3.40. The van der Waals surface area contributed by atoms with Crippen LogP contribution in [-0.4, -0.2) is 9.97 Å². The fourth-order valence-electron chi connectivity index (χ4n) is 1.39. The molecule has 16 heavy (non-hydrogen) atoms. The van der Waals surface area contributed by atoms with Crippen LogP contribution in [0.25, 0.3) is 0 Å². The summed E-state index contributed by atoms with van der Waals surface area (Å²) in [4.78, 5) is 8.16. The van der Waals surface area contributed by atoms with E-state index in [1.807, 2.05) is 6.07 Å². The van der Waals surface area contributed by atoms with Gasteiger partial charge in [0.2, 0.25) is 0 Å². The number of benzene rings is 1. The molecule has 4 heteroatoms. The van der Waals surface area contributed by atoms with E-state index in [0.29, 0.717) is 13.1 Å². The summed E-state index contributed by atoms with van der Waals surface area (Å²) in [5, 5.41) is 3.15. The predicted octanol–water partition coefficient (Wildman–Crippen LogP) is 1.91. The molecule has 0 atom stereocenters. The van der Waals surface area contributed by atoms with Gasteiger partial charge in [0, 0.05) is 18.9 Å². The molecule has 0 aliphatic carbocycles. The van der Waals surface area contributed by atoms with Crippen molar-refractivity contribution in [1.29, 1.82) is 0 Å². The smallest absolute Gasteiger partial charge is 0.141 e. The fraction of sp³-hybridized carbons (Fsp3) is 0.167. The lowest BCUT2D eigenvalue weighted by Crippen LogP contribution is -2.14. The van der Waals surface area contributed by atoms with Crippen LogP contribution in [0.5, 0.6) is 0 Å². The van der Waals surface area contributed by atoms with Gasteiger partial charge < -0.3 is 5.32 Å². The Bertz CT molecular complexity index is 445. The van der Waals surface area contributed by atoms with Crippen LogP contribution in [0.3, 0.4) is 0 Å². The molecule has 2 rings (SSSR count). The standard InChI is InChI=1S/C12H12FN3/c13-11-4-1-3-10(7-11)8-14-9-12-15-5-2-6-16-12/h1-7,14H,8-9H2. The molecule has 0 radical (unpaired) electrons. The third kappa shape index (κ3) is 3.10. The summed E-state index contributed by atoms with van der Waals surface area (Å²) in [7, 11) is 0. The van der Waals surface area contributed by atoms with Gasteiger partial charge in [0.1, 0.15) is 11.6 Å². The van der Waals surface area contributed by atoms with E-state index in [9.17, 15) is 4.39 Å². The molecule has 1 heterocycles. The third-order valence-corrected chi connectivity index (χ3v) is 2.12. The van der Waals surface area contributed by atoms with Crippen molar-refractivity contribution in [3.05, 3.63) is 59.9 Å². The van der Waals surface area contributed by atoms with Crippen molar-refractivity contribution in [2.75, 3.05) is 0 Å². The molecule has 2 aromatic rings. The summed E-state index contributed by atoms with van der Waals surface area (Å²) in [6.07, 6.45) is 3.40. The molecule has 1 aromatic heterocycles. The molecule has 0 spiro atoms. The van der Waals surface area contributed by atoms with Gasteiger partial charge in [0.15, 0.2) is 0 Å². The van der Waals surface area contributed by atoms with Crippen LogP contribution < -0.4 is 5.32 Å². The number of hydrogen-bond acceptors (Lipinski definition) is 3. The zero-order valence-corrected chi connectivity index (χ0v) is 8.73. The molecule has 82 valence electrons. The van der Waals surface area contributed by atoms with Gasteiger partial charge in [0.25, 0.3) is 0 Å². The van der Waals surface area contributed by atoms with Crippen LogP contribution in [0.15, 0.2) is 42.7 Å². The monoisotopic (exact) mass is 217 g/mol. The van der Waals surface area contributed by atoms with Crippen molar-refractivity contribution in [2.45, 2.75) is 13.1 Å². The second kappa shape index (κ2) is 5.32. The Hall–Kier alpha value is -1.81. The molecule has 0 saturated heterocycles. The maximum absolute atomic E-state index is 12.9. The Balaban J connectivity index is 1.85. The largest absolute Gasteiger partial charge is 0.306 e. The molecule has 0 amide bonds. The Labute approximate surface area is 93.4 Å². The molecular weight excluding hydrogens is 205 g/mol. The van der Waals surface area contributed by atoms with E-state index < -0.39 is 0 Å². The summed E-state index contributed by atoms with van der Waals surface area (Å²) in [6, 6.07) is 8.30. The van der Waals surface area contributed by atoms with E-state index in [0.717, 1.165) is 11.4 Å². The first-order chi connectivity index (χ1) is 7.84. The first kappa shape index (κ1) is 10.7. The van der Waals surface area contributed by atoms with Crippen molar-refractivity contribution in [1.82, 2.24) is 15.3 Å². The highest BCUT2D eigenvalue weighted by molar-refractivity contribution is 5.15. The van der Waals surface area contributed by atoms with Gasteiger partial charge in [-0.1, -0.05) is 12.1 Å². The summed E-state index contributed by atoms with van der Waals surface area (Å²) < 4.78 is 12.9. The molecule has 3 nitrogen and oxygen atoms in total. The van der Waals surface area contributed by atoms with Crippen molar-refractivity contribution in [2.24, 2.45) is 0 Å². The molecule has 0 aliphatic rings. The zero-order chi connectivity index (χ0) is 11.2. The summed E-state index contributed by atoms with van der Waals surface area (Å²) in [5.41, 5.74) is 0.913. The van der Waals surface area contributed by atoms with E-state index in [2.05, 4.69) is 15.3 Å². The number of nitrogens with one attached hydrogen (secondary N) is 1. The normalized spacial score (nSPS) is 10.3. The summed E-state index contributed by atoms with van der Waals surface area (Å²) in [5.74, 6) is 0.522. The Morgan fingerprint density at radius 1 is 1.06 bits per heavy atom. The number of halogens is 1. The van der Waals surface area contributed by atoms with Crippen LogP contribution in [0.4, 0.5) is 4.39 Å². The van der Waals surface area contributed by atoms with Crippen molar-refractivity contribution < 1.29 is 4.39 Å². The van der Waals surface area contributed by atoms with Gasteiger partial charge in [0.05, 0.1) is 6.54 Å². The van der Waals surface area contributed by atoms with Crippen molar-refractivity contribution in [3.8, 4) is 0 Å². The van der Waals surface area contributed by atoms with Crippen LogP contribution >= 0.6 is 0 Å². The molecule has 1 aromatic carbocycles. The average molecular weight is 217 g/mol.